The van der Waals surface area contributed by atoms with Crippen molar-refractivity contribution in [2.24, 2.45) is 0 Å². The van der Waals surface area contributed by atoms with Crippen molar-refractivity contribution in [1.29, 1.82) is 0 Å². The largest absolute Gasteiger partial charge is 0.329 e. The molecule has 0 radical (unpaired) electrons. The van der Waals surface area contributed by atoms with Crippen molar-refractivity contribution in [3.05, 3.63) is 71.4 Å². The van der Waals surface area contributed by atoms with Crippen molar-refractivity contribution < 1.29 is 4.79 Å². The van der Waals surface area contributed by atoms with Gasteiger partial charge in [0.05, 0.1) is 16.6 Å². The fraction of sp³-hybridized carbons (Fsp3) is 0.360. The number of aromatic nitrogens is 2. The van der Waals surface area contributed by atoms with Gasteiger partial charge in [0, 0.05) is 30.8 Å². The molecule has 1 spiro atoms. The highest BCUT2D eigenvalue weighted by molar-refractivity contribution is 6.01. The maximum absolute atomic E-state index is 13.7. The van der Waals surface area contributed by atoms with Crippen molar-refractivity contribution in [3.8, 4) is 0 Å². The fourth-order valence-corrected chi connectivity index (χ4v) is 5.78. The summed E-state index contributed by atoms with van der Waals surface area (Å²) in [6.45, 7) is 1.97. The van der Waals surface area contributed by atoms with E-state index in [1.165, 1.54) is 5.56 Å². The van der Waals surface area contributed by atoms with Gasteiger partial charge >= 0.3 is 0 Å². The van der Waals surface area contributed by atoms with Crippen molar-refractivity contribution in [1.82, 2.24) is 14.5 Å². The third-order valence-electron chi connectivity index (χ3n) is 7.26. The van der Waals surface area contributed by atoms with E-state index in [0.29, 0.717) is 12.2 Å². The van der Waals surface area contributed by atoms with E-state index in [-0.39, 0.29) is 11.5 Å². The predicted octanol–water partition coefficient (Wildman–Crippen LogP) is 4.28. The first kappa shape index (κ1) is 17.9. The number of Topliss-reactive ketones (excluding diaryl/α,β-unsaturated/α-hetero) is 1. The van der Waals surface area contributed by atoms with Crippen LogP contribution in [0.3, 0.4) is 0 Å². The Morgan fingerprint density at radius 1 is 1.00 bits per heavy atom. The smallest absolute Gasteiger partial charge is 0.208 e. The molecule has 5 nitrogen and oxygen atoms in total. The van der Waals surface area contributed by atoms with E-state index in [1.54, 1.807) is 0 Å². The van der Waals surface area contributed by atoms with Crippen LogP contribution < -0.4 is 5.32 Å². The molecule has 1 N–H and O–H groups in total. The molecule has 1 fully saturated rings. The summed E-state index contributed by atoms with van der Waals surface area (Å²) in [4.78, 5) is 21.0. The standard InChI is InChI=1S/C25H26N4O/c1-28-13-11-25(12-14-28)23-20(15-18(16-22(23)30)17-7-3-2-4-8-17)27-24-26-19-9-5-6-10-21(19)29(24)25/h2-10,18H,11-16H2,1H3,(H,26,27). The monoisotopic (exact) mass is 398 g/mol. The first-order chi connectivity index (χ1) is 14.7. The Balaban J connectivity index is 1.52. The summed E-state index contributed by atoms with van der Waals surface area (Å²) in [6.07, 6.45) is 3.34. The molecule has 1 unspecified atom stereocenters. The van der Waals surface area contributed by atoms with Crippen molar-refractivity contribution in [2.45, 2.75) is 37.1 Å². The maximum Gasteiger partial charge on any atom is 0.208 e. The van der Waals surface area contributed by atoms with Crippen LogP contribution in [0.15, 0.2) is 65.9 Å². The Morgan fingerprint density at radius 3 is 2.53 bits per heavy atom. The predicted molar refractivity (Wildman–Crippen MR) is 119 cm³/mol. The number of nitrogens with zero attached hydrogens (tertiary/aromatic N) is 3. The second kappa shape index (κ2) is 6.54. The van der Waals surface area contributed by atoms with Crippen LogP contribution in [-0.4, -0.2) is 40.4 Å². The number of hydrogen-bond acceptors (Lipinski definition) is 4. The van der Waals surface area contributed by atoms with Crippen LogP contribution in [0.4, 0.5) is 5.95 Å². The number of benzene rings is 2. The van der Waals surface area contributed by atoms with E-state index >= 15 is 0 Å². The Kier molecular flexibility index (Phi) is 3.90. The van der Waals surface area contributed by atoms with E-state index in [0.717, 1.165) is 60.6 Å². The van der Waals surface area contributed by atoms with Crippen LogP contribution in [0.2, 0.25) is 0 Å². The normalized spacial score (nSPS) is 23.4. The number of para-hydroxylation sites is 2. The van der Waals surface area contributed by atoms with Crippen LogP contribution in [0.25, 0.3) is 11.0 Å². The Morgan fingerprint density at radius 2 is 1.73 bits per heavy atom. The molecular formula is C25H26N4O. The molecule has 1 aromatic heterocycles. The number of ketones is 1. The van der Waals surface area contributed by atoms with Gasteiger partial charge < -0.3 is 10.2 Å². The molecule has 0 amide bonds. The summed E-state index contributed by atoms with van der Waals surface area (Å²) in [5.41, 5.74) is 5.16. The first-order valence-corrected chi connectivity index (χ1v) is 10.9. The number of allylic oxidation sites excluding steroid dienone is 2. The number of imidazole rings is 1. The zero-order valence-corrected chi connectivity index (χ0v) is 17.3. The number of piperidine rings is 1. The van der Waals surface area contributed by atoms with Crippen LogP contribution in [0, 0.1) is 0 Å². The molecule has 1 saturated heterocycles. The number of nitrogens with one attached hydrogen (secondary N) is 1. The summed E-state index contributed by atoms with van der Waals surface area (Å²) < 4.78 is 2.34. The minimum Gasteiger partial charge on any atom is -0.329 e. The van der Waals surface area contributed by atoms with Crippen molar-refractivity contribution in [3.63, 3.8) is 0 Å². The van der Waals surface area contributed by atoms with Gasteiger partial charge in [0.25, 0.3) is 0 Å². The lowest BCUT2D eigenvalue weighted by Crippen LogP contribution is -2.51. The van der Waals surface area contributed by atoms with Gasteiger partial charge in [0.15, 0.2) is 5.78 Å². The second-order valence-corrected chi connectivity index (χ2v) is 9.01. The van der Waals surface area contributed by atoms with Crippen LogP contribution in [-0.2, 0) is 10.3 Å². The maximum atomic E-state index is 13.7. The summed E-state index contributed by atoms with van der Waals surface area (Å²) in [7, 11) is 2.17. The molecule has 2 aromatic carbocycles. The third-order valence-corrected chi connectivity index (χ3v) is 7.26. The Bertz CT molecular complexity index is 1170. The molecule has 0 saturated carbocycles. The molecule has 3 aliphatic rings. The number of likely N-dealkylation sites (tertiary alicyclic amines) is 1. The number of hydrogen-bond donors (Lipinski definition) is 1. The third kappa shape index (κ3) is 2.51. The van der Waals surface area contributed by atoms with Gasteiger partial charge in [-0.25, -0.2) is 4.98 Å². The van der Waals surface area contributed by atoms with E-state index in [1.807, 2.05) is 12.1 Å². The van der Waals surface area contributed by atoms with Crippen molar-refractivity contribution >= 4 is 22.8 Å². The molecule has 0 bridgehead atoms. The summed E-state index contributed by atoms with van der Waals surface area (Å²) in [6, 6.07) is 18.8. The summed E-state index contributed by atoms with van der Waals surface area (Å²) in [5.74, 6) is 1.41. The lowest BCUT2D eigenvalue weighted by molar-refractivity contribution is -0.117. The molecule has 2 aliphatic heterocycles. The quantitative estimate of drug-likeness (QED) is 0.665. The molecule has 5 heteroatoms. The van der Waals surface area contributed by atoms with Crippen molar-refractivity contribution in [2.75, 3.05) is 25.5 Å². The van der Waals surface area contributed by atoms with Crippen LogP contribution in [0.5, 0.6) is 0 Å². The molecule has 6 rings (SSSR count). The molecule has 152 valence electrons. The highest BCUT2D eigenvalue weighted by Gasteiger charge is 2.49. The molecule has 30 heavy (non-hydrogen) atoms. The molecule has 1 atom stereocenters. The minimum absolute atomic E-state index is 0.226. The lowest BCUT2D eigenvalue weighted by atomic mass is 9.70. The number of carbonyl (C=O) groups is 1. The minimum atomic E-state index is -0.294. The van der Waals surface area contributed by atoms with Gasteiger partial charge in [-0.3, -0.25) is 9.36 Å². The molecule has 3 heterocycles. The number of carbonyl (C=O) groups excluding carboxylic acids is 1. The van der Waals surface area contributed by atoms with Crippen LogP contribution >= 0.6 is 0 Å². The number of rotatable bonds is 1. The zero-order chi connectivity index (χ0) is 20.3. The topological polar surface area (TPSA) is 50.2 Å². The second-order valence-electron chi connectivity index (χ2n) is 9.01. The van der Waals surface area contributed by atoms with Gasteiger partial charge in [-0.15, -0.1) is 0 Å². The molecule has 1 aliphatic carbocycles. The SMILES string of the molecule is CN1CCC2(CC1)C1=C(CC(c3ccccc3)CC1=O)Nc1nc3ccccc3n12. The highest BCUT2D eigenvalue weighted by atomic mass is 16.1. The average molecular weight is 399 g/mol. The lowest BCUT2D eigenvalue weighted by Gasteiger charge is -2.48. The number of fused-ring (bicyclic) bond motifs is 5. The van der Waals surface area contributed by atoms with Gasteiger partial charge in [-0.1, -0.05) is 42.5 Å². The summed E-state index contributed by atoms with van der Waals surface area (Å²) in [5, 5.41) is 3.60. The zero-order valence-electron chi connectivity index (χ0n) is 17.3. The Hall–Kier alpha value is -2.92. The van der Waals surface area contributed by atoms with Gasteiger partial charge in [-0.05, 0) is 49.9 Å². The van der Waals surface area contributed by atoms with E-state index in [9.17, 15) is 4.79 Å². The fourth-order valence-electron chi connectivity index (χ4n) is 5.78. The van der Waals surface area contributed by atoms with Gasteiger partial charge in [0.1, 0.15) is 0 Å². The van der Waals surface area contributed by atoms with Gasteiger partial charge in [0.2, 0.25) is 5.95 Å². The average Bonchev–Trinajstić information content (AvgIpc) is 3.15. The highest BCUT2D eigenvalue weighted by Crippen LogP contribution is 2.50. The Labute approximate surface area is 176 Å². The molecular weight excluding hydrogens is 372 g/mol. The van der Waals surface area contributed by atoms with E-state index in [2.05, 4.69) is 64.3 Å². The number of anilines is 1. The van der Waals surface area contributed by atoms with E-state index in [4.69, 9.17) is 4.98 Å². The first-order valence-electron chi connectivity index (χ1n) is 10.9. The summed E-state index contributed by atoms with van der Waals surface area (Å²) >= 11 is 0. The van der Waals surface area contributed by atoms with Crippen LogP contribution in [0.1, 0.15) is 37.2 Å². The van der Waals surface area contributed by atoms with Gasteiger partial charge in [-0.2, -0.15) is 0 Å². The molecule has 3 aromatic rings. The van der Waals surface area contributed by atoms with E-state index < -0.39 is 0 Å².